The van der Waals surface area contributed by atoms with Crippen LogP contribution in [0.4, 0.5) is 0 Å². The van der Waals surface area contributed by atoms with Gasteiger partial charge in [-0.1, -0.05) is 65.8 Å². The van der Waals surface area contributed by atoms with Crippen LogP contribution in [0.3, 0.4) is 0 Å². The van der Waals surface area contributed by atoms with Crippen molar-refractivity contribution in [2.45, 2.75) is 68.2 Å². The number of carbonyl (C=O) groups excluding carboxylic acids is 1. The molecule has 2 aromatic carbocycles. The van der Waals surface area contributed by atoms with Crippen molar-refractivity contribution in [1.29, 1.82) is 0 Å². The molecule has 0 fully saturated rings. The molecule has 0 bridgehead atoms. The number of amides is 1. The van der Waals surface area contributed by atoms with Gasteiger partial charge in [-0.05, 0) is 46.2 Å². The van der Waals surface area contributed by atoms with Gasteiger partial charge in [0.05, 0.1) is 9.79 Å². The summed E-state index contributed by atoms with van der Waals surface area (Å²) in [6.07, 6.45) is 0. The maximum absolute atomic E-state index is 12.8. The zero-order chi connectivity index (χ0) is 25.9. The highest BCUT2D eigenvalue weighted by Gasteiger charge is 2.28. The van der Waals surface area contributed by atoms with E-state index >= 15 is 0 Å². The van der Waals surface area contributed by atoms with E-state index in [1.54, 1.807) is 24.3 Å². The summed E-state index contributed by atoms with van der Waals surface area (Å²) in [5.41, 5.74) is 2.88. The van der Waals surface area contributed by atoms with Gasteiger partial charge in [0, 0.05) is 6.54 Å². The van der Waals surface area contributed by atoms with Crippen LogP contribution in [0.2, 0.25) is 0 Å². The average Bonchev–Trinajstić information content (AvgIpc) is 2.75. The molecule has 0 heterocycles. The lowest BCUT2D eigenvalue weighted by Crippen LogP contribution is -2.51. The normalized spacial score (nSPS) is 14.0. The number of hydroxylamine groups is 1. The highest BCUT2D eigenvalue weighted by molar-refractivity contribution is 7.90. The first-order valence-corrected chi connectivity index (χ1v) is 13.6. The van der Waals surface area contributed by atoms with Gasteiger partial charge in [0.1, 0.15) is 6.04 Å². The lowest BCUT2D eigenvalue weighted by molar-refractivity contribution is -0.130. The first-order valence-electron chi connectivity index (χ1n) is 10.6. The summed E-state index contributed by atoms with van der Waals surface area (Å²) in [6.45, 7) is 11.3. The van der Waals surface area contributed by atoms with Gasteiger partial charge in [0.2, 0.25) is 20.0 Å². The van der Waals surface area contributed by atoms with Crippen molar-refractivity contribution in [3.8, 4) is 0 Å². The molecular weight excluding hydrogens is 478 g/mol. The predicted octanol–water partition coefficient (Wildman–Crippen LogP) is 2.41. The van der Waals surface area contributed by atoms with Crippen molar-refractivity contribution in [2.24, 2.45) is 0 Å². The van der Waals surface area contributed by atoms with Gasteiger partial charge in [-0.25, -0.2) is 27.0 Å². The third-order valence-electron chi connectivity index (χ3n) is 5.26. The Bertz CT molecular complexity index is 1210. The van der Waals surface area contributed by atoms with Gasteiger partial charge >= 0.3 is 0 Å². The zero-order valence-electron chi connectivity index (χ0n) is 20.2. The van der Waals surface area contributed by atoms with E-state index < -0.39 is 38.5 Å². The number of benzene rings is 2. The summed E-state index contributed by atoms with van der Waals surface area (Å²) < 4.78 is 55.4. The molecule has 0 spiro atoms. The maximum atomic E-state index is 12.8. The third-order valence-corrected chi connectivity index (χ3v) is 8.19. The van der Waals surface area contributed by atoms with E-state index in [9.17, 15) is 21.6 Å². The monoisotopic (exact) mass is 511 g/mol. The van der Waals surface area contributed by atoms with Crippen LogP contribution >= 0.6 is 0 Å². The molecule has 34 heavy (non-hydrogen) atoms. The molecule has 0 aromatic heterocycles. The summed E-state index contributed by atoms with van der Waals surface area (Å²) in [4.78, 5) is 12.0. The Labute approximate surface area is 202 Å². The molecule has 188 valence electrons. The first-order chi connectivity index (χ1) is 15.5. The Kier molecular flexibility index (Phi) is 8.32. The predicted molar refractivity (Wildman–Crippen MR) is 130 cm³/mol. The fourth-order valence-corrected chi connectivity index (χ4v) is 5.31. The van der Waals surface area contributed by atoms with E-state index in [-0.39, 0.29) is 20.6 Å². The summed E-state index contributed by atoms with van der Waals surface area (Å²) in [6, 6.07) is 10.8. The smallest absolute Gasteiger partial charge is 0.262 e. The highest BCUT2D eigenvalue weighted by atomic mass is 32.2. The van der Waals surface area contributed by atoms with Crippen LogP contribution in [0.15, 0.2) is 58.3 Å². The molecule has 0 saturated carbocycles. The van der Waals surface area contributed by atoms with Crippen LogP contribution in [-0.2, 0) is 35.7 Å². The van der Waals surface area contributed by atoms with E-state index in [4.69, 9.17) is 5.21 Å². The molecule has 2 rings (SSSR count). The van der Waals surface area contributed by atoms with Gasteiger partial charge in [-0.15, -0.1) is 0 Å². The molecule has 0 aliphatic rings. The minimum absolute atomic E-state index is 0.0377. The molecule has 4 N–H and O–H groups in total. The van der Waals surface area contributed by atoms with Crippen molar-refractivity contribution >= 4 is 26.0 Å². The quantitative estimate of drug-likeness (QED) is 0.317. The Morgan fingerprint density at radius 1 is 0.765 bits per heavy atom. The van der Waals surface area contributed by atoms with Crippen LogP contribution in [-0.4, -0.2) is 40.5 Å². The van der Waals surface area contributed by atoms with Crippen molar-refractivity contribution in [1.82, 2.24) is 14.9 Å². The van der Waals surface area contributed by atoms with E-state index in [0.29, 0.717) is 0 Å². The number of nitrogens with one attached hydrogen (secondary N) is 3. The lowest BCUT2D eigenvalue weighted by atomic mass is 9.87. The summed E-state index contributed by atoms with van der Waals surface area (Å²) in [7, 11) is -8.24. The second kappa shape index (κ2) is 10.1. The van der Waals surface area contributed by atoms with Crippen molar-refractivity contribution in [2.75, 3.05) is 6.54 Å². The third kappa shape index (κ3) is 7.09. The summed E-state index contributed by atoms with van der Waals surface area (Å²) in [5, 5.41) is 9.04. The number of hydrogen-bond acceptors (Lipinski definition) is 6. The maximum Gasteiger partial charge on any atom is 0.262 e. The van der Waals surface area contributed by atoms with Crippen LogP contribution in [0.1, 0.15) is 52.7 Å². The average molecular weight is 512 g/mol. The molecule has 1 unspecified atom stereocenters. The second-order valence-electron chi connectivity index (χ2n) is 10.1. The molecule has 2 aromatic rings. The standard InChI is InChI=1S/C23H33N3O6S2/c1-22(2,3)16-7-11-18(12-8-16)33(29,30)24-15-20(21(27)25-28)26-34(31,32)19-13-9-17(10-14-19)23(4,5)6/h7-14,20,24,26,28H,15H2,1-6H3,(H,25,27). The molecule has 0 saturated heterocycles. The van der Waals surface area contributed by atoms with Crippen LogP contribution in [0.5, 0.6) is 0 Å². The molecule has 1 atom stereocenters. The topological polar surface area (TPSA) is 142 Å². The van der Waals surface area contributed by atoms with Crippen molar-refractivity contribution in [3.05, 3.63) is 59.7 Å². The van der Waals surface area contributed by atoms with Gasteiger partial charge in [-0.3, -0.25) is 10.0 Å². The first kappa shape index (κ1) is 27.9. The van der Waals surface area contributed by atoms with Gasteiger partial charge < -0.3 is 0 Å². The Balaban J connectivity index is 2.21. The fraction of sp³-hybridized carbons (Fsp3) is 0.435. The van der Waals surface area contributed by atoms with Gasteiger partial charge in [-0.2, -0.15) is 4.72 Å². The number of rotatable bonds is 8. The van der Waals surface area contributed by atoms with Gasteiger partial charge in [0.25, 0.3) is 5.91 Å². The highest BCUT2D eigenvalue weighted by Crippen LogP contribution is 2.24. The molecule has 9 nitrogen and oxygen atoms in total. The van der Waals surface area contributed by atoms with E-state index in [1.165, 1.54) is 29.7 Å². The van der Waals surface area contributed by atoms with Gasteiger partial charge in [0.15, 0.2) is 0 Å². The number of carbonyl (C=O) groups is 1. The Morgan fingerprint density at radius 3 is 1.50 bits per heavy atom. The summed E-state index contributed by atoms with van der Waals surface area (Å²) >= 11 is 0. The number of hydrogen-bond donors (Lipinski definition) is 4. The van der Waals surface area contributed by atoms with Crippen LogP contribution < -0.4 is 14.9 Å². The summed E-state index contributed by atoms with van der Waals surface area (Å²) in [5.74, 6) is -1.11. The molecule has 0 aliphatic heterocycles. The number of sulfonamides is 2. The molecule has 0 radical (unpaired) electrons. The largest absolute Gasteiger partial charge is 0.289 e. The molecular formula is C23H33N3O6S2. The zero-order valence-corrected chi connectivity index (χ0v) is 21.8. The Hall–Kier alpha value is -2.31. The Morgan fingerprint density at radius 2 is 1.15 bits per heavy atom. The van der Waals surface area contributed by atoms with Crippen LogP contribution in [0.25, 0.3) is 0 Å². The SMILES string of the molecule is CC(C)(C)c1ccc(S(=O)(=O)NCC(NS(=O)(=O)c2ccc(C(C)(C)C)cc2)C(=O)NO)cc1. The minimum atomic E-state index is -4.19. The lowest BCUT2D eigenvalue weighted by Gasteiger charge is -2.21. The van der Waals surface area contributed by atoms with Crippen molar-refractivity contribution in [3.63, 3.8) is 0 Å². The minimum Gasteiger partial charge on any atom is -0.289 e. The molecule has 11 heteroatoms. The second-order valence-corrected chi connectivity index (χ2v) is 13.5. The fourth-order valence-electron chi connectivity index (χ4n) is 3.07. The van der Waals surface area contributed by atoms with E-state index in [0.717, 1.165) is 11.1 Å². The van der Waals surface area contributed by atoms with Crippen LogP contribution in [0, 0.1) is 0 Å². The van der Waals surface area contributed by atoms with E-state index in [1.807, 2.05) is 41.5 Å². The van der Waals surface area contributed by atoms with E-state index in [2.05, 4.69) is 9.44 Å². The molecule has 0 aliphatic carbocycles. The molecule has 1 amide bonds. The van der Waals surface area contributed by atoms with Crippen molar-refractivity contribution < 1.29 is 26.8 Å².